The van der Waals surface area contributed by atoms with Crippen LogP contribution >= 0.6 is 28.1 Å². The Balaban J connectivity index is 1.96. The smallest absolute Gasteiger partial charge is 0.281 e. The number of thiocarbonyl (C=S) groups is 1. The molecule has 1 saturated heterocycles. The molecule has 23 heavy (non-hydrogen) atoms. The number of aromatic hydroxyl groups is 1. The van der Waals surface area contributed by atoms with Crippen molar-refractivity contribution in [3.63, 3.8) is 0 Å². The molecule has 0 saturated carbocycles. The highest BCUT2D eigenvalue weighted by Crippen LogP contribution is 2.28. The molecule has 0 atom stereocenters. The van der Waals surface area contributed by atoms with E-state index < -0.39 is 0 Å². The molecule has 116 valence electrons. The van der Waals surface area contributed by atoms with Gasteiger partial charge >= 0.3 is 0 Å². The van der Waals surface area contributed by atoms with E-state index in [1.165, 1.54) is 4.90 Å². The molecule has 0 unspecified atom stereocenters. The molecule has 0 aliphatic carbocycles. The van der Waals surface area contributed by atoms with Crippen LogP contribution in [0.5, 0.6) is 5.75 Å². The zero-order valence-corrected chi connectivity index (χ0v) is 14.6. The fourth-order valence-corrected chi connectivity index (χ4v) is 3.04. The normalized spacial score (nSPS) is 16.1. The number of carbonyl (C=O) groups excluding carboxylic acids is 1. The molecule has 2 aromatic carbocycles. The van der Waals surface area contributed by atoms with E-state index in [1.54, 1.807) is 24.3 Å². The third kappa shape index (κ3) is 3.00. The third-order valence-electron chi connectivity index (χ3n) is 3.52. The molecular weight excluding hydrogens is 376 g/mol. The van der Waals surface area contributed by atoms with Crippen LogP contribution in [-0.2, 0) is 4.79 Å². The highest BCUT2D eigenvalue weighted by atomic mass is 79.9. The molecule has 1 aliphatic rings. The van der Waals surface area contributed by atoms with Crippen molar-refractivity contribution in [1.29, 1.82) is 0 Å². The highest BCUT2D eigenvalue weighted by Gasteiger charge is 2.32. The fraction of sp³-hybridized carbons (Fsp3) is 0.0588. The fourth-order valence-electron chi connectivity index (χ4n) is 2.35. The molecule has 2 N–H and O–H groups in total. The van der Waals surface area contributed by atoms with Crippen molar-refractivity contribution in [2.45, 2.75) is 6.92 Å². The molecule has 1 fully saturated rings. The molecule has 0 spiro atoms. The average Bonchev–Trinajstić information content (AvgIpc) is 2.78. The third-order valence-corrected chi connectivity index (χ3v) is 4.44. The number of hydrogen-bond donors (Lipinski definition) is 2. The lowest BCUT2D eigenvalue weighted by Crippen LogP contribution is -2.30. The van der Waals surface area contributed by atoms with E-state index in [9.17, 15) is 9.90 Å². The minimum atomic E-state index is -0.200. The number of amides is 1. The average molecular weight is 389 g/mol. The first-order valence-corrected chi connectivity index (χ1v) is 8.09. The molecule has 0 radical (unpaired) electrons. The van der Waals surface area contributed by atoms with Crippen molar-refractivity contribution in [3.8, 4) is 5.75 Å². The number of nitrogens with one attached hydrogen (secondary N) is 1. The number of phenolic OH excluding ortho intramolecular Hbond substituents is 1. The van der Waals surface area contributed by atoms with Gasteiger partial charge in [-0.2, -0.15) is 0 Å². The van der Waals surface area contributed by atoms with E-state index in [-0.39, 0.29) is 11.7 Å². The summed E-state index contributed by atoms with van der Waals surface area (Å²) in [5.74, 6) is -0.0524. The van der Waals surface area contributed by atoms with Gasteiger partial charge in [0.05, 0.1) is 10.2 Å². The van der Waals surface area contributed by atoms with Gasteiger partial charge in [-0.1, -0.05) is 24.3 Å². The number of halogens is 1. The molecule has 2 aromatic rings. The predicted octanol–water partition coefficient (Wildman–Crippen LogP) is 3.73. The summed E-state index contributed by atoms with van der Waals surface area (Å²) in [5, 5.41) is 12.8. The van der Waals surface area contributed by atoms with Crippen LogP contribution in [0.4, 0.5) is 5.69 Å². The van der Waals surface area contributed by atoms with E-state index in [0.29, 0.717) is 15.3 Å². The lowest BCUT2D eigenvalue weighted by Gasteiger charge is -2.16. The van der Waals surface area contributed by atoms with Gasteiger partial charge in [0.1, 0.15) is 11.4 Å². The van der Waals surface area contributed by atoms with Crippen molar-refractivity contribution >= 4 is 50.9 Å². The standard InChI is InChI=1S/C17H13BrN2O2S/c1-10-4-2-3-5-14(10)20-16(22)13(19-17(20)23)9-11-6-7-15(21)12(18)8-11/h2-9,21H,1H3,(H,19,23)/b13-9+. The summed E-state index contributed by atoms with van der Waals surface area (Å²) in [7, 11) is 0. The van der Waals surface area contributed by atoms with Crippen molar-refractivity contribution in [3.05, 3.63) is 63.8 Å². The number of benzene rings is 2. The molecule has 1 amide bonds. The maximum atomic E-state index is 12.7. The van der Waals surface area contributed by atoms with Crippen molar-refractivity contribution in [1.82, 2.24) is 5.32 Å². The van der Waals surface area contributed by atoms with Gasteiger partial charge in [0.15, 0.2) is 5.11 Å². The van der Waals surface area contributed by atoms with Gasteiger partial charge in [-0.25, -0.2) is 0 Å². The summed E-state index contributed by atoms with van der Waals surface area (Å²) < 4.78 is 0.565. The Bertz CT molecular complexity index is 848. The number of nitrogens with zero attached hydrogens (tertiary/aromatic N) is 1. The first kappa shape index (κ1) is 15.7. The molecule has 1 heterocycles. The Hall–Kier alpha value is -2.18. The molecule has 1 aliphatic heterocycles. The minimum absolute atomic E-state index is 0.148. The summed E-state index contributed by atoms with van der Waals surface area (Å²) >= 11 is 8.56. The summed E-state index contributed by atoms with van der Waals surface area (Å²) in [6, 6.07) is 12.6. The Morgan fingerprint density at radius 2 is 2.00 bits per heavy atom. The van der Waals surface area contributed by atoms with Gasteiger partial charge in [0.25, 0.3) is 5.91 Å². The molecule has 4 nitrogen and oxygen atoms in total. The summed E-state index contributed by atoms with van der Waals surface area (Å²) in [6.07, 6.45) is 1.71. The SMILES string of the molecule is Cc1ccccc1N1C(=O)/C(=C\c2ccc(O)c(Br)c2)NC1=S. The molecule has 0 aromatic heterocycles. The van der Waals surface area contributed by atoms with E-state index in [2.05, 4.69) is 21.2 Å². The number of carbonyl (C=O) groups is 1. The first-order valence-electron chi connectivity index (χ1n) is 6.88. The Morgan fingerprint density at radius 3 is 2.70 bits per heavy atom. The molecule has 3 rings (SSSR count). The maximum Gasteiger partial charge on any atom is 0.281 e. The number of anilines is 1. The van der Waals surface area contributed by atoms with Crippen LogP contribution in [0.3, 0.4) is 0 Å². The van der Waals surface area contributed by atoms with Crippen LogP contribution in [0.15, 0.2) is 52.6 Å². The zero-order chi connectivity index (χ0) is 16.6. The van der Waals surface area contributed by atoms with Crippen molar-refractivity contribution in [2.75, 3.05) is 4.90 Å². The van der Waals surface area contributed by atoms with E-state index in [0.717, 1.165) is 16.8 Å². The summed E-state index contributed by atoms with van der Waals surface area (Å²) in [4.78, 5) is 14.2. The monoisotopic (exact) mass is 388 g/mol. The van der Waals surface area contributed by atoms with Crippen LogP contribution in [0, 0.1) is 6.92 Å². The number of rotatable bonds is 2. The van der Waals surface area contributed by atoms with Crippen LogP contribution in [0.1, 0.15) is 11.1 Å². The molecular formula is C17H13BrN2O2S. The Labute approximate surface area is 147 Å². The largest absolute Gasteiger partial charge is 0.507 e. The van der Waals surface area contributed by atoms with Crippen molar-refractivity contribution < 1.29 is 9.90 Å². The van der Waals surface area contributed by atoms with Crippen LogP contribution in [-0.4, -0.2) is 16.1 Å². The second-order valence-electron chi connectivity index (χ2n) is 5.13. The topological polar surface area (TPSA) is 52.6 Å². The second-order valence-corrected chi connectivity index (χ2v) is 6.37. The molecule has 6 heteroatoms. The second kappa shape index (κ2) is 6.14. The zero-order valence-electron chi connectivity index (χ0n) is 12.2. The van der Waals surface area contributed by atoms with Crippen LogP contribution < -0.4 is 10.2 Å². The van der Waals surface area contributed by atoms with Gasteiger partial charge in [0.2, 0.25) is 0 Å². The van der Waals surface area contributed by atoms with E-state index >= 15 is 0 Å². The lowest BCUT2D eigenvalue weighted by molar-refractivity contribution is -0.113. The van der Waals surface area contributed by atoms with Gasteiger partial charge in [-0.3, -0.25) is 9.69 Å². The summed E-state index contributed by atoms with van der Waals surface area (Å²) in [6.45, 7) is 1.93. The van der Waals surface area contributed by atoms with Crippen LogP contribution in [0.2, 0.25) is 0 Å². The number of para-hydroxylation sites is 1. The summed E-state index contributed by atoms with van der Waals surface area (Å²) in [5.41, 5.74) is 2.92. The number of phenols is 1. The van der Waals surface area contributed by atoms with Gasteiger partial charge in [-0.05, 0) is 70.5 Å². The quantitative estimate of drug-likeness (QED) is 0.607. The van der Waals surface area contributed by atoms with Gasteiger partial charge < -0.3 is 10.4 Å². The highest BCUT2D eigenvalue weighted by molar-refractivity contribution is 9.10. The Morgan fingerprint density at radius 1 is 1.26 bits per heavy atom. The predicted molar refractivity (Wildman–Crippen MR) is 98.2 cm³/mol. The maximum absolute atomic E-state index is 12.7. The van der Waals surface area contributed by atoms with E-state index in [1.807, 2.05) is 31.2 Å². The van der Waals surface area contributed by atoms with Gasteiger partial charge in [0, 0.05) is 0 Å². The lowest BCUT2D eigenvalue weighted by atomic mass is 10.1. The van der Waals surface area contributed by atoms with Crippen LogP contribution in [0.25, 0.3) is 6.08 Å². The molecule has 0 bridgehead atoms. The first-order chi connectivity index (χ1) is 11.0. The van der Waals surface area contributed by atoms with Crippen molar-refractivity contribution in [2.24, 2.45) is 0 Å². The van der Waals surface area contributed by atoms with Gasteiger partial charge in [-0.15, -0.1) is 0 Å². The minimum Gasteiger partial charge on any atom is -0.507 e. The Kier molecular flexibility index (Phi) is 4.19. The van der Waals surface area contributed by atoms with E-state index in [4.69, 9.17) is 12.2 Å². The number of hydrogen-bond acceptors (Lipinski definition) is 3. The number of aryl methyl sites for hydroxylation is 1.